The average Bonchev–Trinajstić information content (AvgIpc) is 2.38. The van der Waals surface area contributed by atoms with Crippen molar-refractivity contribution in [2.45, 2.75) is 20.3 Å². The van der Waals surface area contributed by atoms with Gasteiger partial charge in [-0.25, -0.2) is 0 Å². The first-order valence-electron chi connectivity index (χ1n) is 6.37. The first-order valence-corrected chi connectivity index (χ1v) is 6.75. The number of nitrogens with one attached hydrogen (secondary N) is 1. The molecular formula is C16H17ClN2O. The standard InChI is InChI=1S/C16H17ClN2O/c1-10-6-7-12(8-11(10)2)9-15(20)19-16-13(17)4-3-5-14(16)18/h3-8H,9,18H2,1-2H3,(H,19,20). The lowest BCUT2D eigenvalue weighted by Gasteiger charge is -2.10. The molecule has 104 valence electrons. The number of hydrogen-bond donors (Lipinski definition) is 2. The molecule has 0 radical (unpaired) electrons. The van der Waals surface area contributed by atoms with Crippen molar-refractivity contribution in [2.24, 2.45) is 0 Å². The maximum atomic E-state index is 12.1. The number of carbonyl (C=O) groups is 1. The second kappa shape index (κ2) is 5.97. The fourth-order valence-corrected chi connectivity index (χ4v) is 2.18. The van der Waals surface area contributed by atoms with Crippen LogP contribution in [0.5, 0.6) is 0 Å². The van der Waals surface area contributed by atoms with Crippen molar-refractivity contribution in [3.8, 4) is 0 Å². The van der Waals surface area contributed by atoms with E-state index in [9.17, 15) is 4.79 Å². The van der Waals surface area contributed by atoms with Crippen LogP contribution < -0.4 is 11.1 Å². The van der Waals surface area contributed by atoms with Crippen molar-refractivity contribution in [2.75, 3.05) is 11.1 Å². The lowest BCUT2D eigenvalue weighted by molar-refractivity contribution is -0.115. The molecule has 1 amide bonds. The van der Waals surface area contributed by atoms with Gasteiger partial charge in [-0.2, -0.15) is 0 Å². The largest absolute Gasteiger partial charge is 0.397 e. The lowest BCUT2D eigenvalue weighted by Crippen LogP contribution is -2.16. The van der Waals surface area contributed by atoms with Gasteiger partial charge in [0, 0.05) is 0 Å². The molecule has 2 aromatic rings. The van der Waals surface area contributed by atoms with E-state index in [1.165, 1.54) is 11.1 Å². The van der Waals surface area contributed by atoms with Gasteiger partial charge in [-0.3, -0.25) is 4.79 Å². The fourth-order valence-electron chi connectivity index (χ4n) is 1.96. The van der Waals surface area contributed by atoms with Crippen molar-refractivity contribution in [1.82, 2.24) is 0 Å². The third-order valence-corrected chi connectivity index (χ3v) is 3.56. The number of para-hydroxylation sites is 1. The molecule has 0 unspecified atom stereocenters. The van der Waals surface area contributed by atoms with E-state index in [0.717, 1.165) is 5.56 Å². The fraction of sp³-hybridized carbons (Fsp3) is 0.188. The summed E-state index contributed by atoms with van der Waals surface area (Å²) >= 11 is 6.03. The molecule has 0 saturated heterocycles. The number of aryl methyl sites for hydroxylation is 2. The Bertz CT molecular complexity index is 633. The monoisotopic (exact) mass is 288 g/mol. The normalized spacial score (nSPS) is 10.3. The Morgan fingerprint density at radius 3 is 2.60 bits per heavy atom. The lowest BCUT2D eigenvalue weighted by atomic mass is 10.0. The first kappa shape index (κ1) is 14.4. The van der Waals surface area contributed by atoms with E-state index in [2.05, 4.69) is 5.32 Å². The summed E-state index contributed by atoms with van der Waals surface area (Å²) in [6.07, 6.45) is 0.297. The van der Waals surface area contributed by atoms with Crippen LogP contribution in [0.1, 0.15) is 16.7 Å². The topological polar surface area (TPSA) is 55.1 Å². The van der Waals surface area contributed by atoms with Crippen LogP contribution in [-0.2, 0) is 11.2 Å². The number of nitrogen functional groups attached to an aromatic ring is 1. The summed E-state index contributed by atoms with van der Waals surface area (Å²) in [5.74, 6) is -0.131. The van der Waals surface area contributed by atoms with E-state index in [4.69, 9.17) is 17.3 Å². The van der Waals surface area contributed by atoms with Crippen LogP contribution in [0.3, 0.4) is 0 Å². The highest BCUT2D eigenvalue weighted by Crippen LogP contribution is 2.27. The zero-order valence-electron chi connectivity index (χ0n) is 11.5. The number of benzene rings is 2. The van der Waals surface area contributed by atoms with E-state index in [-0.39, 0.29) is 5.91 Å². The van der Waals surface area contributed by atoms with Crippen molar-refractivity contribution < 1.29 is 4.79 Å². The molecule has 3 nitrogen and oxygen atoms in total. The molecular weight excluding hydrogens is 272 g/mol. The molecule has 0 aromatic heterocycles. The summed E-state index contributed by atoms with van der Waals surface area (Å²) in [6, 6.07) is 11.1. The molecule has 3 N–H and O–H groups in total. The first-order chi connectivity index (χ1) is 9.47. The molecule has 4 heteroatoms. The zero-order chi connectivity index (χ0) is 14.7. The van der Waals surface area contributed by atoms with Crippen LogP contribution in [0.25, 0.3) is 0 Å². The van der Waals surface area contributed by atoms with Gasteiger partial charge in [0.2, 0.25) is 5.91 Å². The molecule has 0 atom stereocenters. The highest BCUT2D eigenvalue weighted by molar-refractivity contribution is 6.34. The Labute approximate surface area is 123 Å². The number of nitrogens with two attached hydrogens (primary N) is 1. The van der Waals surface area contributed by atoms with Crippen LogP contribution in [0.4, 0.5) is 11.4 Å². The molecule has 0 bridgehead atoms. The second-order valence-electron chi connectivity index (χ2n) is 4.85. The van der Waals surface area contributed by atoms with Crippen LogP contribution in [0.2, 0.25) is 5.02 Å². The molecule has 0 aliphatic rings. The van der Waals surface area contributed by atoms with Crippen LogP contribution in [-0.4, -0.2) is 5.91 Å². The van der Waals surface area contributed by atoms with Gasteiger partial charge in [-0.15, -0.1) is 0 Å². The van der Waals surface area contributed by atoms with Crippen molar-refractivity contribution in [3.63, 3.8) is 0 Å². The summed E-state index contributed by atoms with van der Waals surface area (Å²) < 4.78 is 0. The number of anilines is 2. The van der Waals surface area contributed by atoms with Gasteiger partial charge in [0.15, 0.2) is 0 Å². The van der Waals surface area contributed by atoms with Gasteiger partial charge in [0.05, 0.1) is 22.8 Å². The molecule has 0 aliphatic heterocycles. The maximum absolute atomic E-state index is 12.1. The van der Waals surface area contributed by atoms with Gasteiger partial charge >= 0.3 is 0 Å². The minimum Gasteiger partial charge on any atom is -0.397 e. The van der Waals surface area contributed by atoms with Gasteiger partial charge in [0.25, 0.3) is 0 Å². The minimum absolute atomic E-state index is 0.131. The number of amides is 1. The number of halogens is 1. The number of rotatable bonds is 3. The SMILES string of the molecule is Cc1ccc(CC(=O)Nc2c(N)cccc2Cl)cc1C. The Hall–Kier alpha value is -2.00. The summed E-state index contributed by atoms with van der Waals surface area (Å²) in [5.41, 5.74) is 10.1. The predicted octanol–water partition coefficient (Wildman–Crippen LogP) is 3.72. The summed E-state index contributed by atoms with van der Waals surface area (Å²) in [6.45, 7) is 4.08. The highest BCUT2D eigenvalue weighted by Gasteiger charge is 2.10. The molecule has 0 fully saturated rings. The quantitative estimate of drug-likeness (QED) is 0.846. The number of carbonyl (C=O) groups excluding carboxylic acids is 1. The van der Waals surface area contributed by atoms with Crippen molar-refractivity contribution >= 4 is 28.9 Å². The molecule has 2 rings (SSSR count). The molecule has 0 aliphatic carbocycles. The van der Waals surface area contributed by atoms with Crippen molar-refractivity contribution in [1.29, 1.82) is 0 Å². The summed E-state index contributed by atoms with van der Waals surface area (Å²) in [5, 5.41) is 3.21. The molecule has 20 heavy (non-hydrogen) atoms. The van der Waals surface area contributed by atoms with Crippen LogP contribution >= 0.6 is 11.6 Å². The Balaban J connectivity index is 2.11. The molecule has 2 aromatic carbocycles. The van der Waals surface area contributed by atoms with Gasteiger partial charge in [0.1, 0.15) is 0 Å². The molecule has 0 saturated carbocycles. The van der Waals surface area contributed by atoms with E-state index in [0.29, 0.717) is 22.8 Å². The van der Waals surface area contributed by atoms with E-state index in [1.807, 2.05) is 32.0 Å². The third kappa shape index (κ3) is 3.31. The van der Waals surface area contributed by atoms with E-state index in [1.54, 1.807) is 18.2 Å². The maximum Gasteiger partial charge on any atom is 0.228 e. The average molecular weight is 289 g/mol. The Kier molecular flexibility index (Phi) is 4.30. The summed E-state index contributed by atoms with van der Waals surface area (Å²) in [7, 11) is 0. The summed E-state index contributed by atoms with van der Waals surface area (Å²) in [4.78, 5) is 12.1. The van der Waals surface area contributed by atoms with Crippen LogP contribution in [0.15, 0.2) is 36.4 Å². The smallest absolute Gasteiger partial charge is 0.228 e. The van der Waals surface area contributed by atoms with Crippen LogP contribution in [0, 0.1) is 13.8 Å². The molecule has 0 spiro atoms. The highest BCUT2D eigenvalue weighted by atomic mass is 35.5. The molecule has 0 heterocycles. The third-order valence-electron chi connectivity index (χ3n) is 3.25. The zero-order valence-corrected chi connectivity index (χ0v) is 12.3. The Morgan fingerprint density at radius 2 is 1.95 bits per heavy atom. The number of hydrogen-bond acceptors (Lipinski definition) is 2. The van der Waals surface area contributed by atoms with Gasteiger partial charge < -0.3 is 11.1 Å². The Morgan fingerprint density at radius 1 is 1.20 bits per heavy atom. The van der Waals surface area contributed by atoms with E-state index >= 15 is 0 Å². The van der Waals surface area contributed by atoms with Crippen molar-refractivity contribution in [3.05, 3.63) is 58.1 Å². The predicted molar refractivity (Wildman–Crippen MR) is 84.1 cm³/mol. The second-order valence-corrected chi connectivity index (χ2v) is 5.25. The minimum atomic E-state index is -0.131. The van der Waals surface area contributed by atoms with E-state index < -0.39 is 0 Å². The van der Waals surface area contributed by atoms with Gasteiger partial charge in [-0.1, -0.05) is 35.9 Å². The van der Waals surface area contributed by atoms with Gasteiger partial charge in [-0.05, 0) is 42.7 Å².